The highest BCUT2D eigenvalue weighted by atomic mass is 32.2. The molecule has 118 valence electrons. The minimum absolute atomic E-state index is 0.0628. The van der Waals surface area contributed by atoms with Crippen LogP contribution < -0.4 is 5.32 Å². The fourth-order valence-corrected chi connectivity index (χ4v) is 3.40. The molecule has 0 unspecified atom stereocenters. The van der Waals surface area contributed by atoms with Crippen molar-refractivity contribution in [1.82, 2.24) is 4.31 Å². The lowest BCUT2D eigenvalue weighted by Crippen LogP contribution is -2.47. The number of sulfonamides is 1. The highest BCUT2D eigenvalue weighted by Crippen LogP contribution is 2.30. The van der Waals surface area contributed by atoms with Crippen LogP contribution in [0.25, 0.3) is 0 Å². The lowest BCUT2D eigenvalue weighted by molar-refractivity contribution is 0.0379. The first-order valence-corrected chi connectivity index (χ1v) is 8.34. The number of hydrogen-bond acceptors (Lipinski definition) is 5. The molecule has 21 heavy (non-hydrogen) atoms. The van der Waals surface area contributed by atoms with E-state index < -0.39 is 15.6 Å². The molecule has 2 N–H and O–H groups in total. The second-order valence-electron chi connectivity index (χ2n) is 5.46. The van der Waals surface area contributed by atoms with Gasteiger partial charge in [-0.15, -0.1) is 0 Å². The number of nitrogens with zero attached hydrogens (tertiary/aromatic N) is 1. The van der Waals surface area contributed by atoms with E-state index in [-0.39, 0.29) is 11.5 Å². The molecule has 0 aliphatic carbocycles. The van der Waals surface area contributed by atoms with Crippen LogP contribution >= 0.6 is 0 Å². The molecule has 0 atom stereocenters. The Hall–Kier alpha value is -1.15. The third-order valence-corrected chi connectivity index (χ3v) is 5.67. The summed E-state index contributed by atoms with van der Waals surface area (Å²) in [6.07, 6.45) is 1.28. The predicted octanol–water partition coefficient (Wildman–Crippen LogP) is 0.890. The Morgan fingerprint density at radius 2 is 1.90 bits per heavy atom. The lowest BCUT2D eigenvalue weighted by Gasteiger charge is -2.37. The van der Waals surface area contributed by atoms with Gasteiger partial charge >= 0.3 is 0 Å². The number of rotatable bonds is 5. The second kappa shape index (κ2) is 6.31. The molecule has 0 radical (unpaired) electrons. The minimum Gasteiger partial charge on any atom is -0.394 e. The molecule has 0 bridgehead atoms. The third kappa shape index (κ3) is 3.37. The molecule has 7 heteroatoms. The second-order valence-corrected chi connectivity index (χ2v) is 7.58. The summed E-state index contributed by atoms with van der Waals surface area (Å²) < 4.78 is 31.3. The lowest BCUT2D eigenvalue weighted by atomic mass is 9.90. The monoisotopic (exact) mass is 314 g/mol. The van der Waals surface area contributed by atoms with Crippen molar-refractivity contribution in [2.75, 3.05) is 39.2 Å². The maximum Gasteiger partial charge on any atom is 0.244 e. The average Bonchev–Trinajstić information content (AvgIpc) is 2.48. The van der Waals surface area contributed by atoms with Crippen molar-refractivity contribution in [2.45, 2.75) is 23.3 Å². The number of aliphatic hydroxyl groups is 1. The Morgan fingerprint density at radius 3 is 2.48 bits per heavy atom. The Kier molecular flexibility index (Phi) is 4.88. The van der Waals surface area contributed by atoms with Crippen LogP contribution in [0.15, 0.2) is 29.2 Å². The summed E-state index contributed by atoms with van der Waals surface area (Å²) in [5.41, 5.74) is -0.0157. The van der Waals surface area contributed by atoms with Crippen molar-refractivity contribution >= 4 is 15.7 Å². The molecule has 1 aromatic carbocycles. The van der Waals surface area contributed by atoms with E-state index in [0.29, 0.717) is 31.7 Å². The molecule has 2 rings (SSSR count). The van der Waals surface area contributed by atoms with Gasteiger partial charge in [0, 0.05) is 27.3 Å². The van der Waals surface area contributed by atoms with E-state index in [9.17, 15) is 13.5 Å². The van der Waals surface area contributed by atoms with E-state index in [1.54, 1.807) is 24.3 Å². The number of aliphatic hydroxyl groups excluding tert-OH is 1. The first kappa shape index (κ1) is 16.2. The Morgan fingerprint density at radius 1 is 1.29 bits per heavy atom. The van der Waals surface area contributed by atoms with Gasteiger partial charge < -0.3 is 15.2 Å². The molecular formula is C14H22N2O4S. The Bertz CT molecular complexity index is 580. The molecule has 1 aliphatic heterocycles. The summed E-state index contributed by atoms with van der Waals surface area (Å²) in [5, 5.41) is 13.0. The Labute approximate surface area is 125 Å². The summed E-state index contributed by atoms with van der Waals surface area (Å²) in [7, 11) is -0.531. The molecule has 1 fully saturated rings. The zero-order valence-corrected chi connectivity index (χ0v) is 13.2. The number of ether oxygens (including phenoxy) is 1. The van der Waals surface area contributed by atoms with Gasteiger partial charge in [0.05, 0.1) is 17.8 Å². The van der Waals surface area contributed by atoms with Gasteiger partial charge in [0.2, 0.25) is 10.0 Å². The third-order valence-electron chi connectivity index (χ3n) is 3.80. The number of benzene rings is 1. The van der Waals surface area contributed by atoms with Gasteiger partial charge in [-0.3, -0.25) is 0 Å². The number of para-hydroxylation sites is 1. The molecule has 0 spiro atoms. The van der Waals surface area contributed by atoms with E-state index in [4.69, 9.17) is 4.74 Å². The van der Waals surface area contributed by atoms with E-state index in [1.165, 1.54) is 18.4 Å². The number of nitrogens with one attached hydrogen (secondary N) is 1. The van der Waals surface area contributed by atoms with Crippen LogP contribution in [0.3, 0.4) is 0 Å². The van der Waals surface area contributed by atoms with E-state index >= 15 is 0 Å². The van der Waals surface area contributed by atoms with Crippen molar-refractivity contribution < 1.29 is 18.3 Å². The van der Waals surface area contributed by atoms with Crippen LogP contribution in [-0.2, 0) is 14.8 Å². The van der Waals surface area contributed by atoms with Crippen LogP contribution in [0, 0.1) is 0 Å². The van der Waals surface area contributed by atoms with Crippen molar-refractivity contribution in [3.8, 4) is 0 Å². The van der Waals surface area contributed by atoms with Crippen LogP contribution in [0.1, 0.15) is 12.8 Å². The van der Waals surface area contributed by atoms with Gasteiger partial charge in [0.15, 0.2) is 0 Å². The van der Waals surface area contributed by atoms with Crippen molar-refractivity contribution in [1.29, 1.82) is 0 Å². The first-order chi connectivity index (χ1) is 9.91. The fraction of sp³-hybridized carbons (Fsp3) is 0.571. The SMILES string of the molecule is CN(C)S(=O)(=O)c1ccccc1NC1(CO)CCOCC1. The maximum absolute atomic E-state index is 12.4. The van der Waals surface area contributed by atoms with Gasteiger partial charge in [-0.1, -0.05) is 12.1 Å². The molecule has 1 heterocycles. The van der Waals surface area contributed by atoms with Gasteiger partial charge in [0.25, 0.3) is 0 Å². The molecule has 6 nitrogen and oxygen atoms in total. The summed E-state index contributed by atoms with van der Waals surface area (Å²) in [4.78, 5) is 0.217. The van der Waals surface area contributed by atoms with E-state index in [2.05, 4.69) is 5.32 Å². The summed E-state index contributed by atoms with van der Waals surface area (Å²) in [6.45, 7) is 1.04. The fourth-order valence-electron chi connectivity index (χ4n) is 2.36. The van der Waals surface area contributed by atoms with Gasteiger partial charge in [0.1, 0.15) is 4.90 Å². The highest BCUT2D eigenvalue weighted by molar-refractivity contribution is 7.89. The minimum atomic E-state index is -3.54. The average molecular weight is 314 g/mol. The summed E-state index contributed by atoms with van der Waals surface area (Å²) in [5.74, 6) is 0. The van der Waals surface area contributed by atoms with Crippen LogP contribution in [0.4, 0.5) is 5.69 Å². The van der Waals surface area contributed by atoms with Crippen molar-refractivity contribution in [2.24, 2.45) is 0 Å². The van der Waals surface area contributed by atoms with Crippen LogP contribution in [0.2, 0.25) is 0 Å². The molecule has 0 saturated carbocycles. The molecule has 1 saturated heterocycles. The molecule has 0 amide bonds. The molecule has 1 aliphatic rings. The zero-order chi connectivity index (χ0) is 15.5. The number of hydrogen-bond donors (Lipinski definition) is 2. The zero-order valence-electron chi connectivity index (χ0n) is 12.4. The van der Waals surface area contributed by atoms with E-state index in [1.807, 2.05) is 0 Å². The Balaban J connectivity index is 2.37. The summed E-state index contributed by atoms with van der Waals surface area (Å²) >= 11 is 0. The van der Waals surface area contributed by atoms with Crippen molar-refractivity contribution in [3.63, 3.8) is 0 Å². The van der Waals surface area contributed by atoms with Gasteiger partial charge in [-0.25, -0.2) is 12.7 Å². The quantitative estimate of drug-likeness (QED) is 0.844. The van der Waals surface area contributed by atoms with Crippen LogP contribution in [-0.4, -0.2) is 57.3 Å². The topological polar surface area (TPSA) is 78.9 Å². The van der Waals surface area contributed by atoms with Gasteiger partial charge in [-0.05, 0) is 25.0 Å². The first-order valence-electron chi connectivity index (χ1n) is 6.90. The van der Waals surface area contributed by atoms with E-state index in [0.717, 1.165) is 0 Å². The molecular weight excluding hydrogens is 292 g/mol. The van der Waals surface area contributed by atoms with Gasteiger partial charge in [-0.2, -0.15) is 0 Å². The molecule has 1 aromatic rings. The largest absolute Gasteiger partial charge is 0.394 e. The standard InChI is InChI=1S/C14H22N2O4S/c1-16(2)21(18,19)13-6-4-3-5-12(13)15-14(11-17)7-9-20-10-8-14/h3-6,15,17H,7-11H2,1-2H3. The smallest absolute Gasteiger partial charge is 0.244 e. The summed E-state index contributed by atoms with van der Waals surface area (Å²) in [6, 6.07) is 6.77. The van der Waals surface area contributed by atoms with Crippen molar-refractivity contribution in [3.05, 3.63) is 24.3 Å². The predicted molar refractivity (Wildman–Crippen MR) is 80.8 cm³/mol. The number of anilines is 1. The normalized spacial score (nSPS) is 18.7. The maximum atomic E-state index is 12.4. The molecule has 0 aromatic heterocycles. The highest BCUT2D eigenvalue weighted by Gasteiger charge is 2.33. The van der Waals surface area contributed by atoms with Crippen LogP contribution in [0.5, 0.6) is 0 Å².